The summed E-state index contributed by atoms with van der Waals surface area (Å²) in [6, 6.07) is 4.45. The molecule has 1 aromatic rings. The van der Waals surface area contributed by atoms with Gasteiger partial charge in [-0.1, -0.05) is 38.2 Å². The van der Waals surface area contributed by atoms with Crippen molar-refractivity contribution in [2.45, 2.75) is 51.2 Å². The van der Waals surface area contributed by atoms with Gasteiger partial charge in [-0.25, -0.2) is 0 Å². The maximum atomic E-state index is 13.4. The van der Waals surface area contributed by atoms with E-state index in [0.717, 1.165) is 63.2 Å². The third-order valence-corrected chi connectivity index (χ3v) is 7.54. The molecule has 0 radical (unpaired) electrons. The molecule has 4 rings (SSSR count). The van der Waals surface area contributed by atoms with Crippen molar-refractivity contribution < 1.29 is 13.2 Å². The zero-order chi connectivity index (χ0) is 22.7. The molecule has 0 amide bonds. The molecule has 2 heterocycles. The average molecular weight is 448 g/mol. The number of anilines is 1. The Kier molecular flexibility index (Phi) is 7.30. The van der Waals surface area contributed by atoms with Gasteiger partial charge < -0.3 is 15.5 Å². The van der Waals surface area contributed by atoms with Crippen LogP contribution < -0.4 is 10.6 Å². The second-order valence-electron chi connectivity index (χ2n) is 9.87. The molecule has 6 heteroatoms. The van der Waals surface area contributed by atoms with E-state index in [1.807, 2.05) is 0 Å². The second-order valence-corrected chi connectivity index (χ2v) is 9.87. The smallest absolute Gasteiger partial charge is 0.381 e. The van der Waals surface area contributed by atoms with E-state index < -0.39 is 11.7 Å². The predicted octanol–water partition coefficient (Wildman–Crippen LogP) is 5.67. The normalized spacial score (nSPS) is 29.4. The zero-order valence-corrected chi connectivity index (χ0v) is 19.2. The van der Waals surface area contributed by atoms with E-state index >= 15 is 0 Å². The second kappa shape index (κ2) is 10.0. The van der Waals surface area contributed by atoms with Gasteiger partial charge in [-0.3, -0.25) is 0 Å². The molecule has 2 aliphatic heterocycles. The van der Waals surface area contributed by atoms with Gasteiger partial charge in [-0.2, -0.15) is 13.2 Å². The first-order valence-electron chi connectivity index (χ1n) is 12.1. The highest BCUT2D eigenvalue weighted by Gasteiger charge is 2.39. The number of allylic oxidation sites excluding steroid dienone is 3. The van der Waals surface area contributed by atoms with Gasteiger partial charge in [-0.05, 0) is 60.8 Å². The number of fused-ring (bicyclic) bond motifs is 1. The lowest BCUT2D eigenvalue weighted by Gasteiger charge is -2.43. The summed E-state index contributed by atoms with van der Waals surface area (Å²) in [7, 11) is 0. The molecule has 3 nitrogen and oxygen atoms in total. The summed E-state index contributed by atoms with van der Waals surface area (Å²) in [5.74, 6) is 1.33. The van der Waals surface area contributed by atoms with Crippen LogP contribution in [0.3, 0.4) is 0 Å². The van der Waals surface area contributed by atoms with E-state index in [0.29, 0.717) is 17.8 Å². The van der Waals surface area contributed by atoms with Crippen LogP contribution in [0.15, 0.2) is 42.5 Å². The van der Waals surface area contributed by atoms with Crippen LogP contribution in [0.2, 0.25) is 0 Å². The van der Waals surface area contributed by atoms with E-state index in [1.165, 1.54) is 12.1 Å². The molecule has 1 aliphatic carbocycles. The Hall–Kier alpha value is -1.79. The molecular formula is C26H36F3N3. The van der Waals surface area contributed by atoms with Crippen LogP contribution in [0.1, 0.15) is 50.2 Å². The molecule has 1 aromatic carbocycles. The molecule has 1 fully saturated rings. The van der Waals surface area contributed by atoms with Crippen LogP contribution in [-0.2, 0) is 6.18 Å². The van der Waals surface area contributed by atoms with Crippen molar-refractivity contribution in [1.29, 1.82) is 0 Å². The first kappa shape index (κ1) is 23.4. The van der Waals surface area contributed by atoms with Crippen LogP contribution in [0.25, 0.3) is 0 Å². The monoisotopic (exact) mass is 447 g/mol. The van der Waals surface area contributed by atoms with Crippen molar-refractivity contribution in [3.05, 3.63) is 53.6 Å². The van der Waals surface area contributed by atoms with Crippen LogP contribution in [0.5, 0.6) is 0 Å². The first-order valence-corrected chi connectivity index (χ1v) is 12.1. The van der Waals surface area contributed by atoms with Crippen molar-refractivity contribution in [3.8, 4) is 0 Å². The number of hydrogen-bond donors (Lipinski definition) is 2. The molecule has 5 atom stereocenters. The Morgan fingerprint density at radius 2 is 1.94 bits per heavy atom. The molecular weight excluding hydrogens is 411 g/mol. The minimum atomic E-state index is -4.31. The minimum absolute atomic E-state index is 0.0873. The van der Waals surface area contributed by atoms with Crippen molar-refractivity contribution in [2.24, 2.45) is 17.8 Å². The molecule has 0 aromatic heterocycles. The summed E-state index contributed by atoms with van der Waals surface area (Å²) in [4.78, 5) is 2.53. The highest BCUT2D eigenvalue weighted by molar-refractivity contribution is 5.58. The standard InChI is InChI=1S/C26H36F3N3/c1-18(17-32-14-12-30-13-15-32)8-10-22-19(2)23-16-21(26(27,28)29)9-11-24(23)31-25(22)20-6-4-3-5-7-20/h3-6,9,11,16,18-20,22,25,30-31H,7-8,10,12-15,17H2,1-2H3/t18-,19+,20?,22-,25+/m1/s1. The van der Waals surface area contributed by atoms with Crippen LogP contribution in [0.4, 0.5) is 18.9 Å². The SMILES string of the molecule is C[C@H](CC[C@@H]1[C@H](C)c2cc(C(F)(F)F)ccc2N[C@H]1C1C=CC=CC1)CN1CCNCC1. The number of nitrogens with one attached hydrogen (secondary N) is 2. The minimum Gasteiger partial charge on any atom is -0.381 e. The van der Waals surface area contributed by atoms with Crippen LogP contribution in [0, 0.1) is 17.8 Å². The lowest BCUT2D eigenvalue weighted by atomic mass is 9.70. The van der Waals surface area contributed by atoms with Crippen molar-refractivity contribution in [2.75, 3.05) is 38.0 Å². The summed E-state index contributed by atoms with van der Waals surface area (Å²) in [6.45, 7) is 9.85. The number of alkyl halides is 3. The molecule has 0 spiro atoms. The van der Waals surface area contributed by atoms with Gasteiger partial charge in [0.15, 0.2) is 0 Å². The summed E-state index contributed by atoms with van der Waals surface area (Å²) < 4.78 is 40.1. The molecule has 2 N–H and O–H groups in total. The average Bonchev–Trinajstić information content (AvgIpc) is 2.78. The summed E-state index contributed by atoms with van der Waals surface area (Å²) in [6.07, 6.45) is 7.43. The van der Waals surface area contributed by atoms with Gasteiger partial charge in [0.05, 0.1) is 5.56 Å². The summed E-state index contributed by atoms with van der Waals surface area (Å²) in [5.41, 5.74) is 1.13. The molecule has 0 saturated carbocycles. The fourth-order valence-electron chi connectivity index (χ4n) is 5.70. The quantitative estimate of drug-likeness (QED) is 0.588. The summed E-state index contributed by atoms with van der Waals surface area (Å²) in [5, 5.41) is 7.06. The number of benzene rings is 1. The van der Waals surface area contributed by atoms with Gasteiger partial charge in [-0.15, -0.1) is 0 Å². The molecule has 0 bridgehead atoms. The fourth-order valence-corrected chi connectivity index (χ4v) is 5.70. The van der Waals surface area contributed by atoms with Crippen molar-refractivity contribution in [3.63, 3.8) is 0 Å². The lowest BCUT2D eigenvalue weighted by Crippen LogP contribution is -2.45. The van der Waals surface area contributed by atoms with Crippen LogP contribution in [-0.4, -0.2) is 43.7 Å². The molecule has 3 aliphatic rings. The van der Waals surface area contributed by atoms with Crippen molar-refractivity contribution >= 4 is 5.69 Å². The Morgan fingerprint density at radius 3 is 2.62 bits per heavy atom. The first-order chi connectivity index (χ1) is 15.3. The summed E-state index contributed by atoms with van der Waals surface area (Å²) >= 11 is 0. The van der Waals surface area contributed by atoms with Gasteiger partial charge in [0.1, 0.15) is 0 Å². The maximum Gasteiger partial charge on any atom is 0.416 e. The number of piperazine rings is 1. The van der Waals surface area contributed by atoms with Gasteiger partial charge in [0.25, 0.3) is 0 Å². The van der Waals surface area contributed by atoms with E-state index in [1.54, 1.807) is 6.07 Å². The van der Waals surface area contributed by atoms with E-state index in [9.17, 15) is 13.2 Å². The largest absolute Gasteiger partial charge is 0.416 e. The van der Waals surface area contributed by atoms with Gasteiger partial charge in [0, 0.05) is 50.4 Å². The number of halogens is 3. The van der Waals surface area contributed by atoms with Gasteiger partial charge in [0.2, 0.25) is 0 Å². The van der Waals surface area contributed by atoms with E-state index in [4.69, 9.17) is 0 Å². The molecule has 1 saturated heterocycles. The Morgan fingerprint density at radius 1 is 1.16 bits per heavy atom. The third kappa shape index (κ3) is 5.40. The topological polar surface area (TPSA) is 27.3 Å². The van der Waals surface area contributed by atoms with Crippen molar-refractivity contribution in [1.82, 2.24) is 10.2 Å². The number of nitrogens with zero attached hydrogens (tertiary/aromatic N) is 1. The van der Waals surface area contributed by atoms with E-state index in [2.05, 4.69) is 53.7 Å². The predicted molar refractivity (Wildman–Crippen MR) is 125 cm³/mol. The Labute approximate surface area is 190 Å². The Bertz CT molecular complexity index is 826. The molecule has 32 heavy (non-hydrogen) atoms. The Balaban J connectivity index is 1.51. The number of hydrogen-bond acceptors (Lipinski definition) is 3. The third-order valence-electron chi connectivity index (χ3n) is 7.54. The maximum absolute atomic E-state index is 13.4. The van der Waals surface area contributed by atoms with Crippen LogP contribution >= 0.6 is 0 Å². The lowest BCUT2D eigenvalue weighted by molar-refractivity contribution is -0.137. The molecule has 1 unspecified atom stereocenters. The molecule has 176 valence electrons. The highest BCUT2D eigenvalue weighted by atomic mass is 19.4. The van der Waals surface area contributed by atoms with E-state index in [-0.39, 0.29) is 12.0 Å². The highest BCUT2D eigenvalue weighted by Crippen LogP contribution is 2.45. The fraction of sp³-hybridized carbons (Fsp3) is 0.615. The zero-order valence-electron chi connectivity index (χ0n) is 19.2. The number of rotatable bonds is 6. The van der Waals surface area contributed by atoms with Gasteiger partial charge >= 0.3 is 6.18 Å².